The van der Waals surface area contributed by atoms with Crippen LogP contribution in [0.4, 0.5) is 5.69 Å². The van der Waals surface area contributed by atoms with E-state index in [0.717, 1.165) is 5.69 Å². The number of nitrogens with one attached hydrogen (secondary N) is 1. The summed E-state index contributed by atoms with van der Waals surface area (Å²) in [5.41, 5.74) is 1.53. The molecule has 23 heavy (non-hydrogen) atoms. The van der Waals surface area contributed by atoms with Gasteiger partial charge in [0.2, 0.25) is 5.90 Å². The van der Waals surface area contributed by atoms with Gasteiger partial charge in [0.25, 0.3) is 0 Å². The largest absolute Gasteiger partial charge is 0.481 e. The van der Waals surface area contributed by atoms with Crippen LogP contribution in [0, 0.1) is 0 Å². The number of nitrogens with zero attached hydrogens (tertiary/aromatic N) is 1. The second-order valence-electron chi connectivity index (χ2n) is 6.85. The Bertz CT molecular complexity index is 542. The van der Waals surface area contributed by atoms with Crippen molar-refractivity contribution in [3.8, 4) is 0 Å². The fourth-order valence-electron chi connectivity index (χ4n) is 2.03. The van der Waals surface area contributed by atoms with Gasteiger partial charge in [-0.25, -0.2) is 4.99 Å². The molecule has 0 bridgehead atoms. The predicted molar refractivity (Wildman–Crippen MR) is 93.6 cm³/mol. The third-order valence-electron chi connectivity index (χ3n) is 3.24. The van der Waals surface area contributed by atoms with Crippen molar-refractivity contribution in [2.45, 2.75) is 58.6 Å². The van der Waals surface area contributed by atoms with Gasteiger partial charge >= 0.3 is 5.97 Å². The first-order chi connectivity index (χ1) is 10.6. The summed E-state index contributed by atoms with van der Waals surface area (Å²) in [7, 11) is 1.71. The lowest BCUT2D eigenvalue weighted by Gasteiger charge is -2.26. The summed E-state index contributed by atoms with van der Waals surface area (Å²) < 4.78 is 5.90. The highest BCUT2D eigenvalue weighted by atomic mass is 16.5. The van der Waals surface area contributed by atoms with Crippen LogP contribution in [0.2, 0.25) is 0 Å². The van der Waals surface area contributed by atoms with Crippen LogP contribution in [0.15, 0.2) is 29.3 Å². The fraction of sp³-hybridized carbons (Fsp3) is 0.556. The van der Waals surface area contributed by atoms with Gasteiger partial charge in [-0.2, -0.15) is 0 Å². The fourth-order valence-corrected chi connectivity index (χ4v) is 2.03. The molecule has 0 heterocycles. The number of aliphatic carboxylic acids is 1. The molecule has 0 radical (unpaired) electrons. The second-order valence-corrected chi connectivity index (χ2v) is 6.85. The van der Waals surface area contributed by atoms with Crippen molar-refractivity contribution in [1.82, 2.24) is 5.32 Å². The van der Waals surface area contributed by atoms with Gasteiger partial charge in [-0.05, 0) is 51.4 Å². The zero-order valence-electron chi connectivity index (χ0n) is 14.9. The lowest BCUT2D eigenvalue weighted by molar-refractivity contribution is -0.137. The molecule has 0 aliphatic carbocycles. The molecule has 1 aromatic rings. The van der Waals surface area contributed by atoms with E-state index in [-0.39, 0.29) is 6.42 Å². The Kier molecular flexibility index (Phi) is 6.76. The number of rotatable bonds is 6. The number of likely N-dealkylation sites (N-methyl/N-ethyl adjacent to an activating group) is 1. The van der Waals surface area contributed by atoms with Crippen LogP contribution in [-0.4, -0.2) is 35.7 Å². The van der Waals surface area contributed by atoms with Crippen LogP contribution in [0.1, 0.15) is 52.5 Å². The van der Waals surface area contributed by atoms with Crippen molar-refractivity contribution < 1.29 is 14.6 Å². The average Bonchev–Trinajstić information content (AvgIpc) is 2.43. The highest BCUT2D eigenvalue weighted by Gasteiger charge is 2.24. The van der Waals surface area contributed by atoms with Crippen molar-refractivity contribution in [2.24, 2.45) is 4.99 Å². The van der Waals surface area contributed by atoms with Gasteiger partial charge in [0.05, 0.1) is 18.2 Å². The number of carboxylic acid groups (broad SMARTS) is 1. The number of carbonyl (C=O) groups is 1. The van der Waals surface area contributed by atoms with Crippen LogP contribution < -0.4 is 5.32 Å². The molecule has 0 saturated heterocycles. The zero-order valence-corrected chi connectivity index (χ0v) is 14.9. The molecule has 1 atom stereocenters. The number of aliphatic imine (C=N–C) groups is 1. The molecule has 0 aliphatic heterocycles. The van der Waals surface area contributed by atoms with Crippen LogP contribution in [0.5, 0.6) is 0 Å². The summed E-state index contributed by atoms with van der Waals surface area (Å²) in [6.45, 7) is 10.0. The second kappa shape index (κ2) is 8.11. The number of benzene rings is 1. The Morgan fingerprint density at radius 2 is 1.83 bits per heavy atom. The highest BCUT2D eigenvalue weighted by molar-refractivity contribution is 5.88. The Balaban J connectivity index is 3.13. The van der Waals surface area contributed by atoms with Gasteiger partial charge in [0, 0.05) is 0 Å². The van der Waals surface area contributed by atoms with Crippen molar-refractivity contribution in [2.75, 3.05) is 7.05 Å². The first-order valence-corrected chi connectivity index (χ1v) is 7.89. The maximum absolute atomic E-state index is 11.1. The third kappa shape index (κ3) is 6.82. The molecule has 128 valence electrons. The Morgan fingerprint density at radius 3 is 2.22 bits per heavy atom. The first-order valence-electron chi connectivity index (χ1n) is 7.89. The van der Waals surface area contributed by atoms with E-state index in [4.69, 9.17) is 9.84 Å². The molecule has 2 N–H and O–H groups in total. The minimum atomic E-state index is -0.898. The van der Waals surface area contributed by atoms with E-state index >= 15 is 0 Å². The van der Waals surface area contributed by atoms with Crippen LogP contribution >= 0.6 is 0 Å². The molecule has 5 nitrogen and oxygen atoms in total. The smallest absolute Gasteiger partial charge is 0.305 e. The lowest BCUT2D eigenvalue weighted by atomic mass is 10.0. The summed E-state index contributed by atoms with van der Waals surface area (Å²) in [6.07, 6.45) is -0.0878. The van der Waals surface area contributed by atoms with Crippen LogP contribution in [-0.2, 0) is 9.53 Å². The number of hydrogen-bond acceptors (Lipinski definition) is 4. The van der Waals surface area contributed by atoms with Crippen LogP contribution in [0.25, 0.3) is 0 Å². The van der Waals surface area contributed by atoms with Crippen molar-refractivity contribution in [1.29, 1.82) is 0 Å². The number of carboxylic acids is 1. The van der Waals surface area contributed by atoms with Gasteiger partial charge in [0.1, 0.15) is 5.60 Å². The predicted octanol–water partition coefficient (Wildman–Crippen LogP) is 3.72. The van der Waals surface area contributed by atoms with Gasteiger partial charge in [-0.3, -0.25) is 4.79 Å². The molecular formula is C18H28N2O3. The van der Waals surface area contributed by atoms with E-state index in [0.29, 0.717) is 11.8 Å². The van der Waals surface area contributed by atoms with Gasteiger partial charge in [-0.1, -0.05) is 26.0 Å². The average molecular weight is 320 g/mol. The molecule has 0 saturated carbocycles. The number of hydrogen-bond donors (Lipinski definition) is 2. The SMILES string of the molecule is CN[C@@H](CC(=O)O)C(=Nc1ccc(C(C)C)cc1)OC(C)(C)C. The molecule has 1 rings (SSSR count). The summed E-state index contributed by atoms with van der Waals surface area (Å²) in [4.78, 5) is 15.6. The van der Waals surface area contributed by atoms with Crippen molar-refractivity contribution in [3.05, 3.63) is 29.8 Å². The Labute approximate surface area is 138 Å². The maximum atomic E-state index is 11.1. The molecule has 0 unspecified atom stereocenters. The topological polar surface area (TPSA) is 70.9 Å². The molecule has 0 spiro atoms. The summed E-state index contributed by atoms with van der Waals surface area (Å²) in [6, 6.07) is 7.44. The van der Waals surface area contributed by atoms with Gasteiger partial charge in [-0.15, -0.1) is 0 Å². The van der Waals surface area contributed by atoms with E-state index in [9.17, 15) is 4.79 Å². The monoisotopic (exact) mass is 320 g/mol. The lowest BCUT2D eigenvalue weighted by Crippen LogP contribution is -2.41. The first kappa shape index (κ1) is 19.2. The van der Waals surface area contributed by atoms with E-state index in [1.165, 1.54) is 5.56 Å². The standard InChI is InChI=1S/C18H28N2O3/c1-12(2)13-7-9-14(10-8-13)20-17(23-18(3,4)5)15(19-6)11-16(21)22/h7-10,12,15,19H,11H2,1-6H3,(H,21,22)/t15-/m0/s1. The number of ether oxygens (including phenoxy) is 1. The molecule has 0 aromatic heterocycles. The van der Waals surface area contributed by atoms with Gasteiger partial charge in [0.15, 0.2) is 0 Å². The summed E-state index contributed by atoms with van der Waals surface area (Å²) in [5, 5.41) is 12.0. The third-order valence-corrected chi connectivity index (χ3v) is 3.24. The Hall–Kier alpha value is -1.88. The van der Waals surface area contributed by atoms with Crippen LogP contribution in [0.3, 0.4) is 0 Å². The normalized spacial score (nSPS) is 14.0. The van der Waals surface area contributed by atoms with E-state index in [2.05, 4.69) is 24.2 Å². The highest BCUT2D eigenvalue weighted by Crippen LogP contribution is 2.21. The molecule has 5 heteroatoms. The molecule has 0 amide bonds. The zero-order chi connectivity index (χ0) is 17.6. The quantitative estimate of drug-likeness (QED) is 0.619. The summed E-state index contributed by atoms with van der Waals surface area (Å²) >= 11 is 0. The van der Waals surface area contributed by atoms with E-state index in [1.54, 1.807) is 7.05 Å². The summed E-state index contributed by atoms with van der Waals surface area (Å²) in [5.74, 6) is -0.0557. The van der Waals surface area contributed by atoms with E-state index < -0.39 is 17.6 Å². The van der Waals surface area contributed by atoms with Crippen molar-refractivity contribution in [3.63, 3.8) is 0 Å². The van der Waals surface area contributed by atoms with E-state index in [1.807, 2.05) is 45.0 Å². The molecular weight excluding hydrogens is 292 g/mol. The molecule has 0 aliphatic rings. The van der Waals surface area contributed by atoms with Crippen molar-refractivity contribution >= 4 is 17.6 Å². The molecule has 1 aromatic carbocycles. The minimum absolute atomic E-state index is 0.0878. The maximum Gasteiger partial charge on any atom is 0.305 e. The molecule has 0 fully saturated rings. The minimum Gasteiger partial charge on any atom is -0.481 e. The van der Waals surface area contributed by atoms with Gasteiger partial charge < -0.3 is 15.2 Å². The Morgan fingerprint density at radius 1 is 1.26 bits per heavy atom.